The van der Waals surface area contributed by atoms with Crippen molar-refractivity contribution in [2.75, 3.05) is 0 Å². The van der Waals surface area contributed by atoms with Crippen molar-refractivity contribution < 1.29 is 0 Å². The van der Waals surface area contributed by atoms with Crippen molar-refractivity contribution in [3.8, 4) is 0 Å². The molecule has 0 spiro atoms. The van der Waals surface area contributed by atoms with Gasteiger partial charge in [-0.25, -0.2) is 0 Å². The quantitative estimate of drug-likeness (QED) is 0.581. The second-order valence-electron chi connectivity index (χ2n) is 4.91. The number of hydrogen-bond donors (Lipinski definition) is 0. The molecule has 0 saturated carbocycles. The third-order valence-electron chi connectivity index (χ3n) is 3.70. The summed E-state index contributed by atoms with van der Waals surface area (Å²) in [6.07, 6.45) is 3.87. The minimum absolute atomic E-state index is 0.759. The highest BCUT2D eigenvalue weighted by molar-refractivity contribution is 5.28. The normalized spacial score (nSPS) is 21.9. The van der Waals surface area contributed by atoms with E-state index in [2.05, 4.69) is 45.0 Å². The molecular formula is C15H20. The monoisotopic (exact) mass is 200 g/mol. The molecule has 1 unspecified atom stereocenters. The molecule has 0 bridgehead atoms. The van der Waals surface area contributed by atoms with Crippen molar-refractivity contribution in [2.45, 2.75) is 46.0 Å². The molecule has 0 amide bonds. The van der Waals surface area contributed by atoms with Crippen LogP contribution in [0.1, 0.15) is 50.2 Å². The van der Waals surface area contributed by atoms with Crippen molar-refractivity contribution in [2.24, 2.45) is 0 Å². The summed E-state index contributed by atoms with van der Waals surface area (Å²) in [7, 11) is 0. The summed E-state index contributed by atoms with van der Waals surface area (Å²) in [4.78, 5) is 0. The van der Waals surface area contributed by atoms with E-state index in [1.807, 2.05) is 0 Å². The zero-order valence-corrected chi connectivity index (χ0v) is 10.0. The summed E-state index contributed by atoms with van der Waals surface area (Å²) in [5.41, 5.74) is 6.09. The van der Waals surface area contributed by atoms with E-state index in [9.17, 15) is 0 Å². The van der Waals surface area contributed by atoms with E-state index in [1.54, 1.807) is 11.1 Å². The topological polar surface area (TPSA) is 0 Å². The van der Waals surface area contributed by atoms with E-state index in [0.29, 0.717) is 0 Å². The maximum atomic E-state index is 2.30. The highest BCUT2D eigenvalue weighted by atomic mass is 14.2. The van der Waals surface area contributed by atoms with E-state index < -0.39 is 0 Å². The fourth-order valence-electron chi connectivity index (χ4n) is 2.37. The smallest absolute Gasteiger partial charge is 0.0122 e. The molecule has 15 heavy (non-hydrogen) atoms. The first-order valence-electron chi connectivity index (χ1n) is 5.88. The number of benzene rings is 1. The minimum Gasteiger partial charge on any atom is -0.0744 e. The van der Waals surface area contributed by atoms with Crippen molar-refractivity contribution in [1.82, 2.24) is 0 Å². The van der Waals surface area contributed by atoms with E-state index in [-0.39, 0.29) is 0 Å². The van der Waals surface area contributed by atoms with Crippen LogP contribution in [0.15, 0.2) is 35.4 Å². The molecule has 0 nitrogen and oxygen atoms in total. The molecule has 0 heteroatoms. The lowest BCUT2D eigenvalue weighted by molar-refractivity contribution is 0.577. The van der Waals surface area contributed by atoms with Gasteiger partial charge in [-0.1, -0.05) is 41.0 Å². The highest BCUT2D eigenvalue weighted by Crippen LogP contribution is 2.35. The van der Waals surface area contributed by atoms with Gasteiger partial charge in [0.2, 0.25) is 0 Å². The third kappa shape index (κ3) is 2.31. The summed E-state index contributed by atoms with van der Waals surface area (Å²) < 4.78 is 0. The molecule has 0 heterocycles. The molecule has 80 valence electrons. The van der Waals surface area contributed by atoms with Crippen molar-refractivity contribution >= 4 is 0 Å². The Morgan fingerprint density at radius 1 is 0.933 bits per heavy atom. The lowest BCUT2D eigenvalue weighted by Crippen LogP contribution is -2.06. The van der Waals surface area contributed by atoms with Gasteiger partial charge in [0, 0.05) is 0 Å². The second-order valence-corrected chi connectivity index (χ2v) is 4.91. The Kier molecular flexibility index (Phi) is 2.95. The molecule has 0 N–H and O–H groups in total. The third-order valence-corrected chi connectivity index (χ3v) is 3.70. The molecule has 2 rings (SSSR count). The summed E-state index contributed by atoms with van der Waals surface area (Å²) in [5, 5.41) is 0. The van der Waals surface area contributed by atoms with Gasteiger partial charge in [0.25, 0.3) is 0 Å². The lowest BCUT2D eigenvalue weighted by atomic mass is 9.81. The SMILES string of the molecule is CC1=C(C)CC(c2ccc(C)cc2)CC1. The van der Waals surface area contributed by atoms with Crippen LogP contribution in [0.4, 0.5) is 0 Å². The lowest BCUT2D eigenvalue weighted by Gasteiger charge is -2.24. The van der Waals surface area contributed by atoms with Gasteiger partial charge >= 0.3 is 0 Å². The maximum absolute atomic E-state index is 2.30. The van der Waals surface area contributed by atoms with Gasteiger partial charge in [0.1, 0.15) is 0 Å². The largest absolute Gasteiger partial charge is 0.0744 e. The average Bonchev–Trinajstić information content (AvgIpc) is 2.23. The Bertz CT molecular complexity index is 368. The first-order valence-corrected chi connectivity index (χ1v) is 5.88. The van der Waals surface area contributed by atoms with Crippen LogP contribution >= 0.6 is 0 Å². The fourth-order valence-corrected chi connectivity index (χ4v) is 2.37. The standard InChI is InChI=1S/C15H20/c1-11-4-7-14(8-5-11)15-9-6-12(2)13(3)10-15/h4-5,7-8,15H,6,9-10H2,1-3H3. The Hall–Kier alpha value is -1.04. The zero-order valence-electron chi connectivity index (χ0n) is 10.0. The molecule has 0 aromatic heterocycles. The average molecular weight is 200 g/mol. The molecule has 1 atom stereocenters. The first kappa shape index (κ1) is 10.5. The molecule has 1 aromatic carbocycles. The van der Waals surface area contributed by atoms with Gasteiger partial charge in [0.15, 0.2) is 0 Å². The van der Waals surface area contributed by atoms with E-state index in [0.717, 1.165) is 5.92 Å². The Morgan fingerprint density at radius 3 is 2.20 bits per heavy atom. The highest BCUT2D eigenvalue weighted by Gasteiger charge is 2.17. The molecule has 0 fully saturated rings. The van der Waals surface area contributed by atoms with Crippen molar-refractivity contribution in [1.29, 1.82) is 0 Å². The summed E-state index contributed by atoms with van der Waals surface area (Å²) in [5.74, 6) is 0.759. The molecule has 0 saturated heterocycles. The molecule has 0 radical (unpaired) electrons. The van der Waals surface area contributed by atoms with E-state index in [4.69, 9.17) is 0 Å². The first-order chi connectivity index (χ1) is 7.16. The molecular weight excluding hydrogens is 180 g/mol. The van der Waals surface area contributed by atoms with Crippen LogP contribution in [-0.2, 0) is 0 Å². The number of hydrogen-bond acceptors (Lipinski definition) is 0. The summed E-state index contributed by atoms with van der Waals surface area (Å²) in [6.45, 7) is 6.72. The van der Waals surface area contributed by atoms with Gasteiger partial charge in [-0.05, 0) is 51.5 Å². The Labute approximate surface area is 93.0 Å². The van der Waals surface area contributed by atoms with Gasteiger partial charge in [0.05, 0.1) is 0 Å². The predicted octanol–water partition coefficient (Wildman–Crippen LogP) is 4.60. The summed E-state index contributed by atoms with van der Waals surface area (Å²) >= 11 is 0. The number of allylic oxidation sites excluding steroid dienone is 2. The maximum Gasteiger partial charge on any atom is -0.0122 e. The fraction of sp³-hybridized carbons (Fsp3) is 0.467. The van der Waals surface area contributed by atoms with Gasteiger partial charge in [-0.2, -0.15) is 0 Å². The molecule has 1 aliphatic rings. The molecule has 1 aliphatic carbocycles. The number of rotatable bonds is 1. The van der Waals surface area contributed by atoms with Crippen LogP contribution < -0.4 is 0 Å². The van der Waals surface area contributed by atoms with E-state index in [1.165, 1.54) is 30.4 Å². The van der Waals surface area contributed by atoms with Crippen molar-refractivity contribution in [3.63, 3.8) is 0 Å². The van der Waals surface area contributed by atoms with Crippen LogP contribution in [0.3, 0.4) is 0 Å². The number of aryl methyl sites for hydroxylation is 1. The minimum atomic E-state index is 0.759. The van der Waals surface area contributed by atoms with Crippen LogP contribution in [0.2, 0.25) is 0 Å². The predicted molar refractivity (Wildman–Crippen MR) is 66.1 cm³/mol. The van der Waals surface area contributed by atoms with E-state index >= 15 is 0 Å². The van der Waals surface area contributed by atoms with Gasteiger partial charge in [-0.15, -0.1) is 0 Å². The van der Waals surface area contributed by atoms with Crippen LogP contribution in [0.5, 0.6) is 0 Å². The van der Waals surface area contributed by atoms with Gasteiger partial charge < -0.3 is 0 Å². The van der Waals surface area contributed by atoms with Crippen LogP contribution in [0.25, 0.3) is 0 Å². The Morgan fingerprint density at radius 2 is 1.60 bits per heavy atom. The Balaban J connectivity index is 2.17. The molecule has 1 aromatic rings. The van der Waals surface area contributed by atoms with Gasteiger partial charge in [-0.3, -0.25) is 0 Å². The second kappa shape index (κ2) is 4.22. The van der Waals surface area contributed by atoms with Crippen molar-refractivity contribution in [3.05, 3.63) is 46.5 Å². The molecule has 0 aliphatic heterocycles. The van der Waals surface area contributed by atoms with Crippen LogP contribution in [-0.4, -0.2) is 0 Å². The zero-order chi connectivity index (χ0) is 10.8. The van der Waals surface area contributed by atoms with Crippen LogP contribution in [0, 0.1) is 6.92 Å². The summed E-state index contributed by atoms with van der Waals surface area (Å²) in [6, 6.07) is 9.06.